The smallest absolute Gasteiger partial charge is 0.243 e. The number of nitrogens with one attached hydrogen (secondary N) is 2. The van der Waals surface area contributed by atoms with E-state index in [1.54, 1.807) is 19.0 Å². The van der Waals surface area contributed by atoms with Crippen molar-refractivity contribution in [3.63, 3.8) is 0 Å². The van der Waals surface area contributed by atoms with Crippen LogP contribution in [0.15, 0.2) is 23.3 Å². The van der Waals surface area contributed by atoms with Gasteiger partial charge in [-0.1, -0.05) is 13.0 Å². The van der Waals surface area contributed by atoms with Gasteiger partial charge in [-0.2, -0.15) is 0 Å². The number of guanidine groups is 1. The van der Waals surface area contributed by atoms with Gasteiger partial charge in [-0.15, -0.1) is 24.0 Å². The van der Waals surface area contributed by atoms with Crippen molar-refractivity contribution in [1.29, 1.82) is 0 Å². The minimum atomic E-state index is 0. The van der Waals surface area contributed by atoms with Gasteiger partial charge in [0.15, 0.2) is 5.96 Å². The Morgan fingerprint density at radius 2 is 2.04 bits per heavy atom. The fraction of sp³-hybridized carbons (Fsp3) is 0.632. The molecule has 7 nitrogen and oxygen atoms in total. The van der Waals surface area contributed by atoms with Crippen LogP contribution in [0.25, 0.3) is 0 Å². The van der Waals surface area contributed by atoms with Crippen LogP contribution in [0.3, 0.4) is 0 Å². The Bertz CT molecular complexity index is 597. The fourth-order valence-electron chi connectivity index (χ4n) is 2.78. The number of aliphatic imine (C=N–C) groups is 1. The lowest BCUT2D eigenvalue weighted by Gasteiger charge is -2.34. The molecular formula is C19H33IN6O. The molecule has 0 atom stereocenters. The number of nitrogens with zero attached hydrogens (tertiary/aromatic N) is 4. The summed E-state index contributed by atoms with van der Waals surface area (Å²) in [6, 6.07) is 4.55. The highest BCUT2D eigenvalue weighted by atomic mass is 127. The fourth-order valence-corrected chi connectivity index (χ4v) is 2.78. The van der Waals surface area contributed by atoms with Gasteiger partial charge < -0.3 is 20.4 Å². The Hall–Kier alpha value is -1.58. The van der Waals surface area contributed by atoms with Gasteiger partial charge in [-0.25, -0.2) is 9.98 Å². The van der Waals surface area contributed by atoms with Crippen molar-refractivity contribution in [2.75, 3.05) is 45.2 Å². The highest BCUT2D eigenvalue weighted by Gasteiger charge is 2.21. The molecule has 2 N–H and O–H groups in total. The number of aromatic nitrogens is 1. The van der Waals surface area contributed by atoms with Crippen molar-refractivity contribution in [2.45, 2.75) is 39.2 Å². The lowest BCUT2D eigenvalue weighted by Crippen LogP contribution is -2.49. The summed E-state index contributed by atoms with van der Waals surface area (Å²) in [6.07, 6.45) is 4.97. The van der Waals surface area contributed by atoms with Gasteiger partial charge in [0.25, 0.3) is 0 Å². The van der Waals surface area contributed by atoms with Crippen LogP contribution in [0.4, 0.5) is 5.82 Å². The van der Waals surface area contributed by atoms with Crippen LogP contribution in [0.5, 0.6) is 0 Å². The monoisotopic (exact) mass is 488 g/mol. The number of aryl methyl sites for hydroxylation is 1. The number of likely N-dealkylation sites (N-methyl/N-ethyl adjacent to an activating group) is 1. The molecule has 2 heterocycles. The van der Waals surface area contributed by atoms with Gasteiger partial charge in [-0.3, -0.25) is 4.79 Å². The number of anilines is 1. The van der Waals surface area contributed by atoms with E-state index in [0.717, 1.165) is 50.7 Å². The molecule has 0 spiro atoms. The molecule has 1 saturated heterocycles. The zero-order valence-electron chi connectivity index (χ0n) is 16.9. The molecule has 1 fully saturated rings. The molecule has 1 amide bonds. The second-order valence-corrected chi connectivity index (χ2v) is 6.98. The molecule has 152 valence electrons. The molecule has 1 aliphatic rings. The van der Waals surface area contributed by atoms with Crippen LogP contribution in [-0.2, 0) is 4.79 Å². The Labute approximate surface area is 180 Å². The SMILES string of the molecule is CCCNC(=NCC(=O)N(C)C)NC1CCN(c2ccc(C)cn2)CC1.I. The first kappa shape index (κ1) is 23.5. The zero-order chi connectivity index (χ0) is 18.9. The number of piperidine rings is 1. The first-order valence-corrected chi connectivity index (χ1v) is 9.42. The lowest BCUT2D eigenvalue weighted by atomic mass is 10.1. The van der Waals surface area contributed by atoms with E-state index in [1.165, 1.54) is 5.56 Å². The second-order valence-electron chi connectivity index (χ2n) is 6.98. The van der Waals surface area contributed by atoms with Crippen LogP contribution in [0.1, 0.15) is 31.7 Å². The van der Waals surface area contributed by atoms with E-state index in [-0.39, 0.29) is 36.4 Å². The summed E-state index contributed by atoms with van der Waals surface area (Å²) in [5, 5.41) is 6.79. The number of carbonyl (C=O) groups is 1. The first-order valence-electron chi connectivity index (χ1n) is 9.42. The Morgan fingerprint density at radius 3 is 2.59 bits per heavy atom. The summed E-state index contributed by atoms with van der Waals surface area (Å²) in [5.74, 6) is 1.78. The van der Waals surface area contributed by atoms with E-state index in [4.69, 9.17) is 0 Å². The molecule has 0 radical (unpaired) electrons. The summed E-state index contributed by atoms with van der Waals surface area (Å²) in [5.41, 5.74) is 1.18. The van der Waals surface area contributed by atoms with Crippen LogP contribution in [-0.4, -0.2) is 68.1 Å². The van der Waals surface area contributed by atoms with Gasteiger partial charge in [-0.05, 0) is 37.8 Å². The van der Waals surface area contributed by atoms with Gasteiger partial charge >= 0.3 is 0 Å². The molecular weight excluding hydrogens is 455 g/mol. The highest BCUT2D eigenvalue weighted by molar-refractivity contribution is 14.0. The molecule has 2 rings (SSSR count). The average molecular weight is 488 g/mol. The van der Waals surface area contributed by atoms with Crippen LogP contribution >= 0.6 is 24.0 Å². The molecule has 1 aliphatic heterocycles. The number of hydrogen-bond acceptors (Lipinski definition) is 4. The van der Waals surface area contributed by atoms with Crippen molar-refractivity contribution in [2.24, 2.45) is 4.99 Å². The maximum atomic E-state index is 11.8. The van der Waals surface area contributed by atoms with Crippen molar-refractivity contribution in [1.82, 2.24) is 20.5 Å². The van der Waals surface area contributed by atoms with E-state index in [2.05, 4.69) is 51.5 Å². The summed E-state index contributed by atoms with van der Waals surface area (Å²) in [7, 11) is 3.50. The number of amides is 1. The average Bonchev–Trinajstić information content (AvgIpc) is 2.64. The van der Waals surface area contributed by atoms with E-state index in [9.17, 15) is 4.79 Å². The molecule has 0 aliphatic carbocycles. The Kier molecular flexibility index (Phi) is 10.4. The van der Waals surface area contributed by atoms with Crippen LogP contribution in [0, 0.1) is 6.92 Å². The maximum Gasteiger partial charge on any atom is 0.243 e. The second kappa shape index (κ2) is 12.0. The lowest BCUT2D eigenvalue weighted by molar-refractivity contribution is -0.127. The molecule has 0 aromatic carbocycles. The minimum absolute atomic E-state index is 0. The number of carbonyl (C=O) groups excluding carboxylic acids is 1. The van der Waals surface area contributed by atoms with E-state index in [0.29, 0.717) is 6.04 Å². The van der Waals surface area contributed by atoms with Crippen LogP contribution in [0.2, 0.25) is 0 Å². The minimum Gasteiger partial charge on any atom is -0.356 e. The largest absolute Gasteiger partial charge is 0.356 e. The van der Waals surface area contributed by atoms with Crippen molar-refractivity contribution < 1.29 is 4.79 Å². The Morgan fingerprint density at radius 1 is 1.33 bits per heavy atom. The van der Waals surface area contributed by atoms with Gasteiger partial charge in [0, 0.05) is 46.0 Å². The standard InChI is InChI=1S/C19H32N6O.HI/c1-5-10-20-19(22-14-18(26)24(3)4)23-16-8-11-25(12-9-16)17-7-6-15(2)13-21-17;/h6-7,13,16H,5,8-12,14H2,1-4H3,(H2,20,22,23);1H. The topological polar surface area (TPSA) is 72.9 Å². The summed E-state index contributed by atoms with van der Waals surface area (Å²) >= 11 is 0. The summed E-state index contributed by atoms with van der Waals surface area (Å²) < 4.78 is 0. The number of halogens is 1. The van der Waals surface area contributed by atoms with E-state index in [1.807, 2.05) is 6.20 Å². The van der Waals surface area contributed by atoms with Gasteiger partial charge in [0.05, 0.1) is 0 Å². The molecule has 1 aromatic heterocycles. The van der Waals surface area contributed by atoms with E-state index >= 15 is 0 Å². The molecule has 0 unspecified atom stereocenters. The number of rotatable bonds is 6. The van der Waals surface area contributed by atoms with Gasteiger partial charge in [0.1, 0.15) is 12.4 Å². The van der Waals surface area contributed by atoms with Crippen molar-refractivity contribution >= 4 is 41.7 Å². The molecule has 27 heavy (non-hydrogen) atoms. The van der Waals surface area contributed by atoms with E-state index < -0.39 is 0 Å². The Balaban J connectivity index is 0.00000364. The normalized spacial score (nSPS) is 15.1. The summed E-state index contributed by atoms with van der Waals surface area (Å²) in [4.78, 5) is 24.6. The molecule has 0 saturated carbocycles. The molecule has 0 bridgehead atoms. The van der Waals surface area contributed by atoms with Crippen LogP contribution < -0.4 is 15.5 Å². The number of hydrogen-bond donors (Lipinski definition) is 2. The quantitative estimate of drug-likeness (QED) is 0.364. The van der Waals surface area contributed by atoms with Crippen molar-refractivity contribution in [3.05, 3.63) is 23.9 Å². The zero-order valence-corrected chi connectivity index (χ0v) is 19.2. The third-order valence-corrected chi connectivity index (χ3v) is 4.47. The maximum absolute atomic E-state index is 11.8. The third kappa shape index (κ3) is 7.90. The highest BCUT2D eigenvalue weighted by Crippen LogP contribution is 2.17. The predicted octanol–water partition coefficient (Wildman–Crippen LogP) is 2.01. The first-order chi connectivity index (χ1) is 12.5. The predicted molar refractivity (Wildman–Crippen MR) is 122 cm³/mol. The van der Waals surface area contributed by atoms with Crippen molar-refractivity contribution in [3.8, 4) is 0 Å². The summed E-state index contributed by atoms with van der Waals surface area (Å²) in [6.45, 7) is 7.10. The molecule has 1 aromatic rings. The number of pyridine rings is 1. The molecule has 8 heteroatoms. The van der Waals surface area contributed by atoms with Gasteiger partial charge in [0.2, 0.25) is 5.91 Å². The third-order valence-electron chi connectivity index (χ3n) is 4.47.